The third kappa shape index (κ3) is 7.77. The maximum absolute atomic E-state index is 14.1. The Bertz CT molecular complexity index is 1830. The second-order valence-electron chi connectivity index (χ2n) is 11.5. The number of anilines is 1. The zero-order valence-electron chi connectivity index (χ0n) is 26.7. The van der Waals surface area contributed by atoms with Gasteiger partial charge in [-0.3, -0.25) is 0 Å². The van der Waals surface area contributed by atoms with E-state index in [0.29, 0.717) is 41.9 Å². The fraction of sp³-hybridized carbons (Fsp3) is 0.364. The van der Waals surface area contributed by atoms with Gasteiger partial charge in [-0.1, -0.05) is 29.8 Å². The van der Waals surface area contributed by atoms with E-state index in [1.165, 1.54) is 57.2 Å². The summed E-state index contributed by atoms with van der Waals surface area (Å²) in [5, 5.41) is -0.0155. The lowest BCUT2D eigenvalue weighted by Gasteiger charge is -2.39. The van der Waals surface area contributed by atoms with Gasteiger partial charge in [-0.2, -0.15) is 13.2 Å². The van der Waals surface area contributed by atoms with Gasteiger partial charge in [-0.15, -0.1) is 0 Å². The predicted octanol–water partition coefficient (Wildman–Crippen LogP) is 6.60. The first kappa shape index (κ1) is 35.2. The van der Waals surface area contributed by atoms with E-state index in [4.69, 9.17) is 25.8 Å². The molecule has 5 rings (SSSR count). The molecule has 0 N–H and O–H groups in total. The highest BCUT2D eigenvalue weighted by molar-refractivity contribution is 7.92. The van der Waals surface area contributed by atoms with Crippen LogP contribution in [0.4, 0.5) is 19.0 Å². The number of alkyl halides is 3. The van der Waals surface area contributed by atoms with Crippen LogP contribution in [0.2, 0.25) is 5.02 Å². The number of pyridine rings is 1. The van der Waals surface area contributed by atoms with Crippen LogP contribution in [-0.4, -0.2) is 68.7 Å². The van der Waals surface area contributed by atoms with E-state index in [2.05, 4.69) is 15.0 Å². The zero-order valence-corrected chi connectivity index (χ0v) is 28.3. The lowest BCUT2D eigenvalue weighted by molar-refractivity contribution is -0.137. The van der Waals surface area contributed by atoms with Crippen LogP contribution in [0.3, 0.4) is 0 Å². The van der Waals surface area contributed by atoms with Crippen molar-refractivity contribution >= 4 is 27.4 Å². The molecule has 0 unspecified atom stereocenters. The van der Waals surface area contributed by atoms with Crippen LogP contribution in [0.25, 0.3) is 0 Å². The topological polar surface area (TPSA) is 107 Å². The van der Waals surface area contributed by atoms with E-state index in [1.54, 1.807) is 24.3 Å². The largest absolute Gasteiger partial charge is 0.497 e. The molecule has 15 heteroatoms. The highest BCUT2D eigenvalue weighted by Gasteiger charge is 2.37. The molecule has 4 aromatic rings. The van der Waals surface area contributed by atoms with Crippen molar-refractivity contribution in [3.8, 4) is 17.4 Å². The molecular formula is C33H35ClF3N5O5S. The van der Waals surface area contributed by atoms with Gasteiger partial charge in [-0.25, -0.2) is 27.7 Å². The van der Waals surface area contributed by atoms with E-state index in [1.807, 2.05) is 19.0 Å². The molecule has 1 aliphatic carbocycles. The number of halogens is 4. The number of hydrogen-bond donors (Lipinski definition) is 0. The Labute approximate surface area is 282 Å². The summed E-state index contributed by atoms with van der Waals surface area (Å²) in [5.41, 5.74) is 0.503. The van der Waals surface area contributed by atoms with Gasteiger partial charge in [-0.05, 0) is 69.1 Å². The average Bonchev–Trinajstić information content (AvgIpc) is 3.08. The molecule has 0 aliphatic heterocycles. The van der Waals surface area contributed by atoms with E-state index >= 15 is 0 Å². The number of methoxy groups -OCH3 is 2. The van der Waals surface area contributed by atoms with Gasteiger partial charge in [0.1, 0.15) is 39.7 Å². The Kier molecular flexibility index (Phi) is 10.7. The van der Waals surface area contributed by atoms with Gasteiger partial charge >= 0.3 is 6.18 Å². The summed E-state index contributed by atoms with van der Waals surface area (Å²) in [5.74, 6) is 1.02. The number of ether oxygens (including phenoxy) is 3. The minimum Gasteiger partial charge on any atom is -0.497 e. The first-order chi connectivity index (χ1) is 22.8. The standard InChI is InChI=1S/C33H35ClF3N5O5S/c1-41(2)28-15-22(21-6-5-7-24(14-21)33(35,36)37)9-11-29(28)47-32-27(34)17-26(18-39-32)48(43,44)42(31-12-13-38-20-40-31)19-23-8-10-25(45-3)16-30(23)46-4/h5-8,10,12-14,16-18,20,22,28-29H,9,11,15,19H2,1-4H3/t22-,28-,29-/m0/s1. The molecule has 0 saturated heterocycles. The lowest BCUT2D eigenvalue weighted by Crippen LogP contribution is -2.46. The van der Waals surface area contributed by atoms with Crippen molar-refractivity contribution in [1.29, 1.82) is 0 Å². The molecule has 2 aromatic heterocycles. The molecule has 0 bridgehead atoms. The average molecular weight is 706 g/mol. The highest BCUT2D eigenvalue weighted by Crippen LogP contribution is 2.40. The lowest BCUT2D eigenvalue weighted by atomic mass is 9.79. The second kappa shape index (κ2) is 14.5. The number of nitrogens with zero attached hydrogens (tertiary/aromatic N) is 5. The molecule has 48 heavy (non-hydrogen) atoms. The number of sulfonamides is 1. The summed E-state index contributed by atoms with van der Waals surface area (Å²) in [6.45, 7) is -0.137. The van der Waals surface area contributed by atoms with Crippen LogP contribution in [-0.2, 0) is 22.7 Å². The Morgan fingerprint density at radius 2 is 1.79 bits per heavy atom. The summed E-state index contributed by atoms with van der Waals surface area (Å²) < 4.78 is 86.4. The third-order valence-electron chi connectivity index (χ3n) is 8.37. The van der Waals surface area contributed by atoms with E-state index < -0.39 is 27.9 Å². The maximum atomic E-state index is 14.1. The van der Waals surface area contributed by atoms with E-state index in [0.717, 1.165) is 10.4 Å². The Morgan fingerprint density at radius 3 is 2.44 bits per heavy atom. The van der Waals surface area contributed by atoms with Crippen molar-refractivity contribution < 1.29 is 35.8 Å². The highest BCUT2D eigenvalue weighted by atomic mass is 35.5. The normalized spacial score (nSPS) is 18.4. The van der Waals surface area contributed by atoms with Gasteiger partial charge in [0, 0.05) is 29.9 Å². The summed E-state index contributed by atoms with van der Waals surface area (Å²) in [7, 11) is 2.47. The molecule has 2 aromatic carbocycles. The molecule has 0 amide bonds. The monoisotopic (exact) mass is 705 g/mol. The van der Waals surface area contributed by atoms with E-state index in [9.17, 15) is 21.6 Å². The van der Waals surface area contributed by atoms with Crippen molar-refractivity contribution in [1.82, 2.24) is 19.9 Å². The summed E-state index contributed by atoms with van der Waals surface area (Å²) in [6.07, 6.45) is 0.689. The van der Waals surface area contributed by atoms with Crippen molar-refractivity contribution in [2.45, 2.75) is 54.9 Å². The van der Waals surface area contributed by atoms with E-state index in [-0.39, 0.29) is 40.1 Å². The first-order valence-electron chi connectivity index (χ1n) is 15.0. The molecule has 256 valence electrons. The van der Waals surface area contributed by atoms with Crippen molar-refractivity contribution in [2.75, 3.05) is 32.6 Å². The van der Waals surface area contributed by atoms with Crippen LogP contribution in [0, 0.1) is 0 Å². The van der Waals surface area contributed by atoms with Gasteiger partial charge in [0.2, 0.25) is 5.88 Å². The minimum absolute atomic E-state index is 0.0155. The Morgan fingerprint density at radius 1 is 1.00 bits per heavy atom. The van der Waals surface area contributed by atoms with Gasteiger partial charge in [0.05, 0.1) is 32.5 Å². The van der Waals surface area contributed by atoms with Crippen LogP contribution in [0.5, 0.6) is 17.4 Å². The molecule has 0 radical (unpaired) electrons. The van der Waals surface area contributed by atoms with Crippen LogP contribution < -0.4 is 18.5 Å². The molecule has 10 nitrogen and oxygen atoms in total. The Hall–Kier alpha value is -4.14. The predicted molar refractivity (Wildman–Crippen MR) is 174 cm³/mol. The van der Waals surface area contributed by atoms with Crippen molar-refractivity contribution in [2.24, 2.45) is 0 Å². The van der Waals surface area contributed by atoms with Crippen LogP contribution in [0.15, 0.2) is 78.2 Å². The summed E-state index contributed by atoms with van der Waals surface area (Å²) in [4.78, 5) is 14.2. The number of benzene rings is 2. The molecule has 1 aliphatic rings. The summed E-state index contributed by atoms with van der Waals surface area (Å²) >= 11 is 6.61. The van der Waals surface area contributed by atoms with Crippen LogP contribution in [0.1, 0.15) is 41.9 Å². The molecule has 3 atom stereocenters. The van der Waals surface area contributed by atoms with Crippen molar-refractivity contribution in [3.63, 3.8) is 0 Å². The van der Waals surface area contributed by atoms with Crippen molar-refractivity contribution in [3.05, 3.63) is 95.0 Å². The Balaban J connectivity index is 1.38. The fourth-order valence-electron chi connectivity index (χ4n) is 5.84. The maximum Gasteiger partial charge on any atom is 0.416 e. The molecule has 1 saturated carbocycles. The number of rotatable bonds is 11. The SMILES string of the molecule is COc1ccc(CN(c2ccncn2)S(=O)(=O)c2cnc(O[C@H]3CC[C@H](c4cccc(C(F)(F)F)c4)C[C@@H]3N(C)C)c(Cl)c2)c(OC)c1. The molecule has 0 spiro atoms. The first-order valence-corrected chi connectivity index (χ1v) is 16.8. The van der Waals surface area contributed by atoms with Gasteiger partial charge in [0.25, 0.3) is 10.0 Å². The number of likely N-dealkylation sites (N-methyl/N-ethyl adjacent to an activating group) is 1. The van der Waals surface area contributed by atoms with Crippen LogP contribution >= 0.6 is 11.6 Å². The van der Waals surface area contributed by atoms with Gasteiger partial charge < -0.3 is 19.1 Å². The fourth-order valence-corrected chi connectivity index (χ4v) is 7.48. The molecule has 2 heterocycles. The molecule has 1 fully saturated rings. The third-order valence-corrected chi connectivity index (χ3v) is 10.4. The number of hydrogen-bond acceptors (Lipinski definition) is 9. The smallest absolute Gasteiger partial charge is 0.416 e. The second-order valence-corrected chi connectivity index (χ2v) is 13.8. The quantitative estimate of drug-likeness (QED) is 0.171. The van der Waals surface area contributed by atoms with Gasteiger partial charge in [0.15, 0.2) is 0 Å². The summed E-state index contributed by atoms with van der Waals surface area (Å²) in [6, 6.07) is 13.1. The minimum atomic E-state index is -4.42. The zero-order chi connectivity index (χ0) is 34.6. The number of aromatic nitrogens is 3. The molecular weight excluding hydrogens is 671 g/mol.